The maximum Gasteiger partial charge on any atom is 0.243 e. The van der Waals surface area contributed by atoms with E-state index < -0.39 is 0 Å². The van der Waals surface area contributed by atoms with Crippen LogP contribution in [0, 0.1) is 12.8 Å². The highest BCUT2D eigenvalue weighted by atomic mass is 16.5. The Kier molecular flexibility index (Phi) is 4.71. The summed E-state index contributed by atoms with van der Waals surface area (Å²) in [6.07, 6.45) is 5.52. The van der Waals surface area contributed by atoms with E-state index in [-0.39, 0.29) is 11.9 Å². The van der Waals surface area contributed by atoms with Crippen LogP contribution in [0.5, 0.6) is 0 Å². The van der Waals surface area contributed by atoms with Gasteiger partial charge in [0.15, 0.2) is 0 Å². The van der Waals surface area contributed by atoms with Gasteiger partial charge in [0, 0.05) is 19.2 Å². The molecule has 8 heteroatoms. The molecule has 1 amide bonds. The number of anilines is 1. The van der Waals surface area contributed by atoms with E-state index >= 15 is 0 Å². The van der Waals surface area contributed by atoms with Crippen LogP contribution in [0.15, 0.2) is 23.2 Å². The van der Waals surface area contributed by atoms with Crippen molar-refractivity contribution >= 4 is 11.8 Å². The number of aryl methyl sites for hydroxylation is 1. The fourth-order valence-electron chi connectivity index (χ4n) is 3.00. The van der Waals surface area contributed by atoms with Gasteiger partial charge in [-0.2, -0.15) is 5.10 Å². The molecule has 1 saturated heterocycles. The second kappa shape index (κ2) is 6.91. The lowest BCUT2D eigenvalue weighted by atomic mass is 9.96. The Hall–Kier alpha value is -2.22. The fraction of sp³-hybridized carbons (Fsp3) is 0.600. The molecule has 1 N–H and O–H groups in total. The molecule has 0 unspecified atom stereocenters. The number of hydrogen-bond acceptors (Lipinski definition) is 6. The summed E-state index contributed by atoms with van der Waals surface area (Å²) >= 11 is 0. The van der Waals surface area contributed by atoms with Crippen molar-refractivity contribution in [1.29, 1.82) is 0 Å². The minimum atomic E-state index is -0.209. The van der Waals surface area contributed by atoms with Gasteiger partial charge in [-0.25, -0.2) is 4.98 Å². The first-order chi connectivity index (χ1) is 11.1. The molecule has 8 nitrogen and oxygen atoms in total. The van der Waals surface area contributed by atoms with Gasteiger partial charge in [0.25, 0.3) is 0 Å². The van der Waals surface area contributed by atoms with Crippen LogP contribution in [0.1, 0.15) is 25.5 Å². The number of nitrogens with one attached hydrogen (secondary N) is 1. The molecule has 3 rings (SSSR count). The van der Waals surface area contributed by atoms with Gasteiger partial charge in [0.1, 0.15) is 12.7 Å². The number of nitrogens with zero attached hydrogens (tertiary/aromatic N) is 5. The summed E-state index contributed by atoms with van der Waals surface area (Å²) < 4.78 is 6.90. The monoisotopic (exact) mass is 318 g/mol. The van der Waals surface area contributed by atoms with Crippen molar-refractivity contribution in [1.82, 2.24) is 24.8 Å². The Labute approximate surface area is 134 Å². The zero-order chi connectivity index (χ0) is 16.2. The molecule has 124 valence electrons. The topological polar surface area (TPSA) is 89.1 Å². The predicted molar refractivity (Wildman–Crippen MR) is 83.7 cm³/mol. The molecule has 3 heterocycles. The highest BCUT2D eigenvalue weighted by Gasteiger charge is 2.28. The highest BCUT2D eigenvalue weighted by Crippen LogP contribution is 2.20. The quantitative estimate of drug-likeness (QED) is 0.894. The lowest BCUT2D eigenvalue weighted by Gasteiger charge is -2.35. The standard InChI is InChI=1S/C15H22N6O2/c1-11-6-14(23-19-11)18-15(22)12(2)20-5-3-4-13(7-20)8-21-10-16-9-17-21/h6,9-10,12-13H,3-5,7-8H2,1-2H3,(H,18,22)/t12-,13-/m1/s1. The van der Waals surface area contributed by atoms with Crippen LogP contribution in [-0.4, -0.2) is 49.9 Å². The van der Waals surface area contributed by atoms with Crippen LogP contribution >= 0.6 is 0 Å². The first kappa shape index (κ1) is 15.7. The summed E-state index contributed by atoms with van der Waals surface area (Å²) in [5.74, 6) is 0.811. The maximum absolute atomic E-state index is 12.4. The van der Waals surface area contributed by atoms with Crippen LogP contribution < -0.4 is 5.32 Å². The lowest BCUT2D eigenvalue weighted by molar-refractivity contribution is -0.121. The van der Waals surface area contributed by atoms with Crippen LogP contribution in [-0.2, 0) is 11.3 Å². The molecule has 2 aromatic rings. The van der Waals surface area contributed by atoms with Gasteiger partial charge >= 0.3 is 0 Å². The van der Waals surface area contributed by atoms with Crippen molar-refractivity contribution in [2.24, 2.45) is 5.92 Å². The number of piperidine rings is 1. The van der Waals surface area contributed by atoms with E-state index in [1.807, 2.05) is 18.5 Å². The Bertz CT molecular complexity index is 638. The first-order valence-electron chi connectivity index (χ1n) is 7.92. The zero-order valence-corrected chi connectivity index (χ0v) is 13.5. The van der Waals surface area contributed by atoms with Crippen LogP contribution in [0.4, 0.5) is 5.88 Å². The number of likely N-dealkylation sites (tertiary alicyclic amines) is 1. The molecular weight excluding hydrogens is 296 g/mol. The molecule has 0 spiro atoms. The summed E-state index contributed by atoms with van der Waals surface area (Å²) in [5.41, 5.74) is 0.749. The van der Waals surface area contributed by atoms with Gasteiger partial charge in [-0.15, -0.1) is 0 Å². The minimum Gasteiger partial charge on any atom is -0.338 e. The molecule has 2 aromatic heterocycles. The van der Waals surface area contributed by atoms with E-state index in [0.29, 0.717) is 11.8 Å². The molecule has 0 aliphatic carbocycles. The molecule has 23 heavy (non-hydrogen) atoms. The Morgan fingerprint density at radius 1 is 1.57 bits per heavy atom. The molecular formula is C15H22N6O2. The Morgan fingerprint density at radius 3 is 3.13 bits per heavy atom. The van der Waals surface area contributed by atoms with Gasteiger partial charge in [0.05, 0.1) is 11.7 Å². The third-order valence-electron chi connectivity index (χ3n) is 4.26. The second-order valence-corrected chi connectivity index (χ2v) is 6.12. The number of amides is 1. The number of carbonyl (C=O) groups excluding carboxylic acids is 1. The van der Waals surface area contributed by atoms with Gasteiger partial charge in [-0.05, 0) is 39.2 Å². The Morgan fingerprint density at radius 2 is 2.43 bits per heavy atom. The summed E-state index contributed by atoms with van der Waals surface area (Å²) in [7, 11) is 0. The largest absolute Gasteiger partial charge is 0.338 e. The van der Waals surface area contributed by atoms with Crippen LogP contribution in [0.2, 0.25) is 0 Å². The molecule has 0 radical (unpaired) electrons. The minimum absolute atomic E-state index is 0.0671. The summed E-state index contributed by atoms with van der Waals surface area (Å²) in [5, 5.41) is 10.7. The number of carbonyl (C=O) groups is 1. The van der Waals surface area contributed by atoms with Crippen molar-refractivity contribution in [3.05, 3.63) is 24.4 Å². The van der Waals surface area contributed by atoms with Gasteiger partial charge < -0.3 is 4.52 Å². The third-order valence-corrected chi connectivity index (χ3v) is 4.26. The fourth-order valence-corrected chi connectivity index (χ4v) is 3.00. The van der Waals surface area contributed by atoms with E-state index in [9.17, 15) is 4.79 Å². The van der Waals surface area contributed by atoms with E-state index in [1.165, 1.54) is 0 Å². The SMILES string of the molecule is Cc1cc(NC(=O)[C@@H](C)N2CCC[C@@H](Cn3cncn3)C2)on1. The van der Waals surface area contributed by atoms with Crippen molar-refractivity contribution < 1.29 is 9.32 Å². The summed E-state index contributed by atoms with van der Waals surface area (Å²) in [4.78, 5) is 18.6. The van der Waals surface area contributed by atoms with Crippen LogP contribution in [0.3, 0.4) is 0 Å². The predicted octanol–water partition coefficient (Wildman–Crippen LogP) is 1.31. The van der Waals surface area contributed by atoms with Crippen molar-refractivity contribution in [2.75, 3.05) is 18.4 Å². The van der Waals surface area contributed by atoms with Gasteiger partial charge in [-0.1, -0.05) is 5.16 Å². The zero-order valence-electron chi connectivity index (χ0n) is 13.5. The second-order valence-electron chi connectivity index (χ2n) is 6.12. The molecule has 1 aliphatic rings. The van der Waals surface area contributed by atoms with Crippen molar-refractivity contribution in [3.8, 4) is 0 Å². The molecule has 1 aliphatic heterocycles. The third kappa shape index (κ3) is 3.95. The van der Waals surface area contributed by atoms with E-state index in [1.54, 1.807) is 18.7 Å². The highest BCUT2D eigenvalue weighted by molar-refractivity contribution is 5.93. The molecule has 0 aromatic carbocycles. The molecule has 2 atom stereocenters. The van der Waals surface area contributed by atoms with E-state index in [4.69, 9.17) is 4.52 Å². The van der Waals surface area contributed by atoms with Crippen molar-refractivity contribution in [2.45, 2.75) is 39.3 Å². The average Bonchev–Trinajstić information content (AvgIpc) is 3.18. The molecule has 0 bridgehead atoms. The van der Waals surface area contributed by atoms with Gasteiger partial charge in [0.2, 0.25) is 11.8 Å². The van der Waals surface area contributed by atoms with E-state index in [0.717, 1.165) is 38.2 Å². The van der Waals surface area contributed by atoms with Crippen LogP contribution in [0.25, 0.3) is 0 Å². The number of aromatic nitrogens is 4. The Balaban J connectivity index is 1.55. The first-order valence-corrected chi connectivity index (χ1v) is 7.92. The number of hydrogen-bond donors (Lipinski definition) is 1. The summed E-state index contributed by atoms with van der Waals surface area (Å²) in [6.45, 7) is 6.40. The van der Waals surface area contributed by atoms with Gasteiger partial charge in [-0.3, -0.25) is 19.7 Å². The molecule has 1 fully saturated rings. The van der Waals surface area contributed by atoms with Crippen molar-refractivity contribution in [3.63, 3.8) is 0 Å². The van der Waals surface area contributed by atoms with E-state index in [2.05, 4.69) is 25.5 Å². The summed E-state index contributed by atoms with van der Waals surface area (Å²) in [6, 6.07) is 1.51. The smallest absolute Gasteiger partial charge is 0.243 e. The maximum atomic E-state index is 12.4. The normalized spacial score (nSPS) is 20.3. The molecule has 0 saturated carbocycles. The number of rotatable bonds is 5. The lowest BCUT2D eigenvalue weighted by Crippen LogP contribution is -2.47. The average molecular weight is 318 g/mol.